The molecular formula is C9H13N3O3S. The molecule has 0 aromatic carbocycles. The Morgan fingerprint density at radius 1 is 1.69 bits per heavy atom. The van der Waals surface area contributed by atoms with Crippen LogP contribution in [0.3, 0.4) is 0 Å². The zero-order valence-corrected chi connectivity index (χ0v) is 9.62. The van der Waals surface area contributed by atoms with E-state index in [0.717, 1.165) is 5.69 Å². The van der Waals surface area contributed by atoms with Crippen LogP contribution in [-0.2, 0) is 20.9 Å². The average Bonchev–Trinajstić information content (AvgIpc) is 2.78. The third kappa shape index (κ3) is 3.59. The molecule has 7 heteroatoms. The molecule has 1 aromatic heterocycles. The van der Waals surface area contributed by atoms with Gasteiger partial charge in [-0.05, 0) is 6.92 Å². The van der Waals surface area contributed by atoms with Crippen LogP contribution in [0.4, 0.5) is 0 Å². The number of carbonyl (C=O) groups is 2. The Balaban J connectivity index is 2.37. The van der Waals surface area contributed by atoms with Gasteiger partial charge in [0.1, 0.15) is 0 Å². The van der Waals surface area contributed by atoms with Crippen molar-refractivity contribution in [2.75, 3.05) is 6.61 Å². The van der Waals surface area contributed by atoms with Crippen molar-refractivity contribution in [1.82, 2.24) is 10.3 Å². The Labute approximate surface area is 96.8 Å². The van der Waals surface area contributed by atoms with E-state index in [4.69, 9.17) is 5.73 Å². The van der Waals surface area contributed by atoms with Gasteiger partial charge in [-0.3, -0.25) is 4.79 Å². The molecule has 0 fully saturated rings. The maximum Gasteiger partial charge on any atom is 0.332 e. The van der Waals surface area contributed by atoms with E-state index in [0.29, 0.717) is 0 Å². The first-order valence-electron chi connectivity index (χ1n) is 4.72. The molecule has 1 rings (SSSR count). The number of amides is 1. The lowest BCUT2D eigenvalue weighted by molar-refractivity contribution is -0.148. The van der Waals surface area contributed by atoms with Crippen LogP contribution in [0, 0.1) is 0 Å². The second-order valence-electron chi connectivity index (χ2n) is 2.93. The first-order chi connectivity index (χ1) is 7.65. The van der Waals surface area contributed by atoms with Gasteiger partial charge in [-0.15, -0.1) is 11.3 Å². The quantitative estimate of drug-likeness (QED) is 0.544. The number of esters is 1. The van der Waals surface area contributed by atoms with Gasteiger partial charge in [0.15, 0.2) is 6.04 Å². The summed E-state index contributed by atoms with van der Waals surface area (Å²) in [5, 5.41) is 4.31. The summed E-state index contributed by atoms with van der Waals surface area (Å²) >= 11 is 1.43. The van der Waals surface area contributed by atoms with Gasteiger partial charge in [0, 0.05) is 5.38 Å². The molecule has 88 valence electrons. The number of carbonyl (C=O) groups excluding carboxylic acids is 2. The van der Waals surface area contributed by atoms with Gasteiger partial charge in [0.2, 0.25) is 5.91 Å². The maximum absolute atomic E-state index is 11.4. The molecular weight excluding hydrogens is 230 g/mol. The summed E-state index contributed by atoms with van der Waals surface area (Å²) < 4.78 is 4.62. The molecule has 0 aliphatic heterocycles. The lowest BCUT2D eigenvalue weighted by atomic mass is 10.3. The van der Waals surface area contributed by atoms with E-state index in [1.165, 1.54) is 11.3 Å². The van der Waals surface area contributed by atoms with E-state index in [1.54, 1.807) is 17.8 Å². The summed E-state index contributed by atoms with van der Waals surface area (Å²) in [4.78, 5) is 26.5. The van der Waals surface area contributed by atoms with Crippen LogP contribution in [0.5, 0.6) is 0 Å². The first-order valence-corrected chi connectivity index (χ1v) is 5.66. The molecule has 1 amide bonds. The fraction of sp³-hybridized carbons (Fsp3) is 0.444. The smallest absolute Gasteiger partial charge is 0.332 e. The van der Waals surface area contributed by atoms with E-state index in [2.05, 4.69) is 15.0 Å². The van der Waals surface area contributed by atoms with Crippen LogP contribution in [0.2, 0.25) is 0 Å². The summed E-state index contributed by atoms with van der Waals surface area (Å²) in [6, 6.07) is -1.28. The van der Waals surface area contributed by atoms with Crippen molar-refractivity contribution in [1.29, 1.82) is 0 Å². The molecule has 1 unspecified atom stereocenters. The molecule has 1 heterocycles. The average molecular weight is 243 g/mol. The van der Waals surface area contributed by atoms with Crippen LogP contribution < -0.4 is 11.1 Å². The van der Waals surface area contributed by atoms with Crippen LogP contribution in [0.15, 0.2) is 10.9 Å². The van der Waals surface area contributed by atoms with E-state index in [-0.39, 0.29) is 13.2 Å². The largest absolute Gasteiger partial charge is 0.464 e. The molecule has 0 saturated carbocycles. The van der Waals surface area contributed by atoms with Crippen LogP contribution in [-0.4, -0.2) is 29.5 Å². The number of thiazole rings is 1. The first kappa shape index (κ1) is 12.6. The second-order valence-corrected chi connectivity index (χ2v) is 3.65. The summed E-state index contributed by atoms with van der Waals surface area (Å²) in [5.41, 5.74) is 7.77. The fourth-order valence-electron chi connectivity index (χ4n) is 0.952. The number of nitrogens with zero attached hydrogens (tertiary/aromatic N) is 1. The zero-order chi connectivity index (χ0) is 12.0. The molecule has 0 bridgehead atoms. The van der Waals surface area contributed by atoms with Gasteiger partial charge < -0.3 is 15.8 Å². The number of nitrogens with two attached hydrogens (primary N) is 1. The van der Waals surface area contributed by atoms with E-state index in [1.807, 2.05) is 0 Å². The molecule has 16 heavy (non-hydrogen) atoms. The number of rotatable bonds is 5. The highest BCUT2D eigenvalue weighted by Crippen LogP contribution is 1.99. The highest BCUT2D eigenvalue weighted by Gasteiger charge is 2.22. The van der Waals surface area contributed by atoms with Gasteiger partial charge in [0.25, 0.3) is 0 Å². The van der Waals surface area contributed by atoms with Crippen molar-refractivity contribution in [2.24, 2.45) is 5.73 Å². The normalized spacial score (nSPS) is 11.9. The minimum absolute atomic E-state index is 0.200. The predicted molar refractivity (Wildman–Crippen MR) is 58.6 cm³/mol. The topological polar surface area (TPSA) is 94.3 Å². The summed E-state index contributed by atoms with van der Waals surface area (Å²) in [5.74, 6) is -1.29. The summed E-state index contributed by atoms with van der Waals surface area (Å²) in [6.45, 7) is 2.11. The van der Waals surface area contributed by atoms with Crippen molar-refractivity contribution in [3.05, 3.63) is 16.6 Å². The molecule has 0 aliphatic rings. The molecule has 1 aromatic rings. The van der Waals surface area contributed by atoms with Crippen molar-refractivity contribution >= 4 is 23.2 Å². The number of aromatic nitrogens is 1. The lowest BCUT2D eigenvalue weighted by Crippen LogP contribution is -2.46. The molecule has 0 radical (unpaired) electrons. The van der Waals surface area contributed by atoms with Crippen molar-refractivity contribution in [3.8, 4) is 0 Å². The maximum atomic E-state index is 11.4. The monoisotopic (exact) mass is 243 g/mol. The standard InChI is InChI=1S/C9H13N3O3S/c1-2-15-9(14)7(10)8(13)11-3-6-4-16-5-12-6/h4-5,7H,2-3,10H2,1H3,(H,11,13). The van der Waals surface area contributed by atoms with Crippen molar-refractivity contribution in [3.63, 3.8) is 0 Å². The number of ether oxygens (including phenoxy) is 1. The Morgan fingerprint density at radius 2 is 2.44 bits per heavy atom. The molecule has 0 aliphatic carbocycles. The molecule has 6 nitrogen and oxygen atoms in total. The van der Waals surface area contributed by atoms with E-state index >= 15 is 0 Å². The van der Waals surface area contributed by atoms with Gasteiger partial charge in [-0.1, -0.05) is 0 Å². The molecule has 1 atom stereocenters. The number of hydrogen-bond donors (Lipinski definition) is 2. The third-order valence-corrected chi connectivity index (χ3v) is 2.39. The Morgan fingerprint density at radius 3 is 3.00 bits per heavy atom. The fourth-order valence-corrected chi connectivity index (χ4v) is 1.51. The van der Waals surface area contributed by atoms with E-state index < -0.39 is 17.9 Å². The molecule has 3 N–H and O–H groups in total. The van der Waals surface area contributed by atoms with Gasteiger partial charge >= 0.3 is 5.97 Å². The Bertz CT molecular complexity index is 353. The van der Waals surface area contributed by atoms with Crippen LogP contribution in [0.25, 0.3) is 0 Å². The minimum Gasteiger partial charge on any atom is -0.464 e. The SMILES string of the molecule is CCOC(=O)C(N)C(=O)NCc1cscn1. The second kappa shape index (κ2) is 6.19. The van der Waals surface area contributed by atoms with Gasteiger partial charge in [-0.2, -0.15) is 0 Å². The van der Waals surface area contributed by atoms with Crippen molar-refractivity contribution < 1.29 is 14.3 Å². The summed E-state index contributed by atoms with van der Waals surface area (Å²) in [7, 11) is 0. The summed E-state index contributed by atoms with van der Waals surface area (Å²) in [6.07, 6.45) is 0. The number of hydrogen-bond acceptors (Lipinski definition) is 6. The van der Waals surface area contributed by atoms with Gasteiger partial charge in [0.05, 0.1) is 24.4 Å². The highest BCUT2D eigenvalue weighted by molar-refractivity contribution is 7.07. The van der Waals surface area contributed by atoms with Crippen molar-refractivity contribution in [2.45, 2.75) is 19.5 Å². The lowest BCUT2D eigenvalue weighted by Gasteiger charge is -2.10. The molecule has 0 saturated heterocycles. The predicted octanol–water partition coefficient (Wildman–Crippen LogP) is -0.350. The van der Waals surface area contributed by atoms with Crippen LogP contribution in [0.1, 0.15) is 12.6 Å². The van der Waals surface area contributed by atoms with E-state index in [9.17, 15) is 9.59 Å². The zero-order valence-electron chi connectivity index (χ0n) is 8.80. The molecule has 0 spiro atoms. The van der Waals surface area contributed by atoms with Gasteiger partial charge in [-0.25, -0.2) is 9.78 Å². The highest BCUT2D eigenvalue weighted by atomic mass is 32.1. The Kier molecular flexibility index (Phi) is 4.87. The minimum atomic E-state index is -1.28. The third-order valence-electron chi connectivity index (χ3n) is 1.75. The number of nitrogens with one attached hydrogen (secondary N) is 1. The van der Waals surface area contributed by atoms with Crippen LogP contribution >= 0.6 is 11.3 Å². The Hall–Kier alpha value is -1.47.